The van der Waals surface area contributed by atoms with Crippen LogP contribution in [-0.4, -0.2) is 28.4 Å². The molecule has 0 saturated heterocycles. The summed E-state index contributed by atoms with van der Waals surface area (Å²) < 4.78 is 1.58. The lowest BCUT2D eigenvalue weighted by Crippen LogP contribution is -2.22. The van der Waals surface area contributed by atoms with E-state index in [-0.39, 0.29) is 11.5 Å². The van der Waals surface area contributed by atoms with Gasteiger partial charge in [-0.05, 0) is 81.6 Å². The molecule has 0 saturated carbocycles. The predicted octanol–water partition coefficient (Wildman–Crippen LogP) is 4.93. The number of hydrogen-bond donors (Lipinski definition) is 1. The minimum absolute atomic E-state index is 0.252. The number of carbonyl (C=O) groups is 1. The van der Waals surface area contributed by atoms with Crippen molar-refractivity contribution in [3.05, 3.63) is 68.3 Å². The van der Waals surface area contributed by atoms with Crippen LogP contribution >= 0.6 is 11.3 Å². The number of nitrogens with one attached hydrogen (secondary N) is 1. The normalized spacial score (nSPS) is 11.3. The Balaban J connectivity index is 1.68. The molecule has 0 bridgehead atoms. The molecule has 0 fully saturated rings. The van der Waals surface area contributed by atoms with E-state index in [1.807, 2.05) is 45.0 Å². The van der Waals surface area contributed by atoms with Crippen LogP contribution in [0.5, 0.6) is 0 Å². The van der Waals surface area contributed by atoms with Crippen LogP contribution < -0.4 is 15.8 Å². The summed E-state index contributed by atoms with van der Waals surface area (Å²) in [5, 5.41) is 2.95. The highest BCUT2D eigenvalue weighted by molar-refractivity contribution is 7.18. The minimum atomic E-state index is -0.303. The summed E-state index contributed by atoms with van der Waals surface area (Å²) in [4.78, 5) is 33.5. The van der Waals surface area contributed by atoms with Gasteiger partial charge in [0.05, 0.1) is 11.0 Å². The molecule has 2 aromatic heterocycles. The number of carbonyl (C=O) groups excluding carboxylic acids is 1. The molecule has 0 aliphatic heterocycles. The molecule has 0 aliphatic carbocycles. The third kappa shape index (κ3) is 3.81. The second-order valence-electron chi connectivity index (χ2n) is 7.73. The van der Waals surface area contributed by atoms with Crippen molar-refractivity contribution < 1.29 is 4.79 Å². The number of aryl methyl sites for hydroxylation is 3. The fourth-order valence-electron chi connectivity index (χ4n) is 3.77. The van der Waals surface area contributed by atoms with E-state index < -0.39 is 0 Å². The Kier molecular flexibility index (Phi) is 5.54. The van der Waals surface area contributed by atoms with Gasteiger partial charge in [0.2, 0.25) is 0 Å². The van der Waals surface area contributed by atoms with Crippen molar-refractivity contribution in [2.45, 2.75) is 34.6 Å². The minimum Gasteiger partial charge on any atom is -0.372 e. The predicted molar refractivity (Wildman–Crippen MR) is 129 cm³/mol. The highest BCUT2D eigenvalue weighted by Crippen LogP contribution is 2.25. The Bertz CT molecular complexity index is 1370. The fraction of sp³-hybridized carbons (Fsp3) is 0.292. The van der Waals surface area contributed by atoms with Crippen LogP contribution in [0.2, 0.25) is 0 Å². The highest BCUT2D eigenvalue weighted by atomic mass is 32.1. The average Bonchev–Trinajstić information content (AvgIpc) is 3.08. The standard InChI is InChI=1S/C24H26N4O2S/c1-6-27(7-2)17-8-9-18(16(5)10-17)25-23(30)21-13-22(29)28-20-12-15(4)14(3)11-19(20)26-24(28)31-21/h8-13H,6-7H2,1-5H3,(H,25,30). The number of hydrogen-bond acceptors (Lipinski definition) is 5. The Labute approximate surface area is 185 Å². The maximum absolute atomic E-state index is 12.9. The van der Waals surface area contributed by atoms with Crippen molar-refractivity contribution >= 4 is 44.6 Å². The van der Waals surface area contributed by atoms with Crippen molar-refractivity contribution in [2.24, 2.45) is 0 Å². The molecule has 2 aromatic carbocycles. The molecule has 0 aliphatic rings. The molecular formula is C24H26N4O2S. The first kappa shape index (κ1) is 21.1. The van der Waals surface area contributed by atoms with Gasteiger partial charge in [-0.15, -0.1) is 0 Å². The largest absolute Gasteiger partial charge is 0.372 e. The number of aromatic nitrogens is 2. The van der Waals surface area contributed by atoms with E-state index in [2.05, 4.69) is 35.1 Å². The maximum atomic E-state index is 12.9. The van der Waals surface area contributed by atoms with Crippen LogP contribution in [0, 0.1) is 20.8 Å². The lowest BCUT2D eigenvalue weighted by Gasteiger charge is -2.22. The van der Waals surface area contributed by atoms with Crippen LogP contribution in [-0.2, 0) is 0 Å². The zero-order valence-electron chi connectivity index (χ0n) is 18.4. The molecule has 31 heavy (non-hydrogen) atoms. The van der Waals surface area contributed by atoms with Crippen LogP contribution in [0.15, 0.2) is 41.2 Å². The summed E-state index contributed by atoms with van der Waals surface area (Å²) in [6.07, 6.45) is 0. The Hall–Kier alpha value is -3.19. The topological polar surface area (TPSA) is 66.7 Å². The highest BCUT2D eigenvalue weighted by Gasteiger charge is 2.16. The van der Waals surface area contributed by atoms with Gasteiger partial charge < -0.3 is 10.2 Å². The first-order chi connectivity index (χ1) is 14.8. The Morgan fingerprint density at radius 2 is 1.74 bits per heavy atom. The van der Waals surface area contributed by atoms with Crippen LogP contribution in [0.1, 0.15) is 40.2 Å². The molecule has 0 radical (unpaired) electrons. The Morgan fingerprint density at radius 1 is 1.03 bits per heavy atom. The maximum Gasteiger partial charge on any atom is 0.266 e. The van der Waals surface area contributed by atoms with Gasteiger partial charge in [0.15, 0.2) is 4.96 Å². The SMILES string of the molecule is CCN(CC)c1ccc(NC(=O)c2cc(=O)n3c(nc4cc(C)c(C)cc43)s2)c(C)c1. The van der Waals surface area contributed by atoms with Gasteiger partial charge in [0.25, 0.3) is 11.5 Å². The molecule has 160 valence electrons. The average molecular weight is 435 g/mol. The number of amides is 1. The van der Waals surface area contributed by atoms with Crippen molar-refractivity contribution in [3.8, 4) is 0 Å². The number of anilines is 2. The lowest BCUT2D eigenvalue weighted by atomic mass is 10.1. The van der Waals surface area contributed by atoms with E-state index in [0.717, 1.165) is 52.2 Å². The van der Waals surface area contributed by atoms with Crippen molar-refractivity contribution in [1.29, 1.82) is 0 Å². The third-order valence-electron chi connectivity index (χ3n) is 5.73. The van der Waals surface area contributed by atoms with Crippen LogP contribution in [0.25, 0.3) is 16.0 Å². The van der Waals surface area contributed by atoms with Gasteiger partial charge in [-0.1, -0.05) is 11.3 Å². The van der Waals surface area contributed by atoms with Crippen molar-refractivity contribution in [2.75, 3.05) is 23.3 Å². The lowest BCUT2D eigenvalue weighted by molar-refractivity contribution is 0.103. The molecule has 2 heterocycles. The molecule has 1 N–H and O–H groups in total. The van der Waals surface area contributed by atoms with E-state index in [1.165, 1.54) is 17.4 Å². The quantitative estimate of drug-likeness (QED) is 0.483. The zero-order valence-corrected chi connectivity index (χ0v) is 19.3. The summed E-state index contributed by atoms with van der Waals surface area (Å²) in [6.45, 7) is 12.1. The van der Waals surface area contributed by atoms with E-state index in [4.69, 9.17) is 0 Å². The van der Waals surface area contributed by atoms with Gasteiger partial charge >= 0.3 is 0 Å². The van der Waals surface area contributed by atoms with Gasteiger partial charge in [0, 0.05) is 30.5 Å². The van der Waals surface area contributed by atoms with Crippen LogP contribution in [0.3, 0.4) is 0 Å². The fourth-order valence-corrected chi connectivity index (χ4v) is 4.69. The number of rotatable bonds is 5. The van der Waals surface area contributed by atoms with Gasteiger partial charge in [-0.2, -0.15) is 0 Å². The van der Waals surface area contributed by atoms with Gasteiger partial charge in [-0.25, -0.2) is 4.98 Å². The van der Waals surface area contributed by atoms with Gasteiger partial charge in [-0.3, -0.25) is 14.0 Å². The molecule has 0 atom stereocenters. The Morgan fingerprint density at radius 3 is 2.42 bits per heavy atom. The van der Waals surface area contributed by atoms with Crippen molar-refractivity contribution in [1.82, 2.24) is 9.38 Å². The zero-order chi connectivity index (χ0) is 22.3. The molecule has 7 heteroatoms. The molecule has 1 amide bonds. The second kappa shape index (κ2) is 8.15. The smallest absolute Gasteiger partial charge is 0.266 e. The van der Waals surface area contributed by atoms with Gasteiger partial charge in [0.1, 0.15) is 4.88 Å². The number of imidazole rings is 1. The van der Waals surface area contributed by atoms with E-state index in [0.29, 0.717) is 9.84 Å². The van der Waals surface area contributed by atoms with E-state index >= 15 is 0 Å². The molecule has 6 nitrogen and oxygen atoms in total. The number of nitrogens with zero attached hydrogens (tertiary/aromatic N) is 3. The first-order valence-electron chi connectivity index (χ1n) is 10.4. The number of fused-ring (bicyclic) bond motifs is 3. The summed E-state index contributed by atoms with van der Waals surface area (Å²) in [5.74, 6) is -0.303. The monoisotopic (exact) mass is 434 g/mol. The molecule has 0 unspecified atom stereocenters. The van der Waals surface area contributed by atoms with Crippen LogP contribution in [0.4, 0.5) is 11.4 Å². The van der Waals surface area contributed by atoms with Crippen molar-refractivity contribution in [3.63, 3.8) is 0 Å². The third-order valence-corrected chi connectivity index (χ3v) is 6.71. The molecular weight excluding hydrogens is 408 g/mol. The second-order valence-corrected chi connectivity index (χ2v) is 8.74. The van der Waals surface area contributed by atoms with E-state index in [1.54, 1.807) is 4.40 Å². The summed E-state index contributed by atoms with van der Waals surface area (Å²) in [6, 6.07) is 11.3. The first-order valence-corrected chi connectivity index (χ1v) is 11.2. The molecule has 4 rings (SSSR count). The van der Waals surface area contributed by atoms with E-state index in [9.17, 15) is 9.59 Å². The summed E-state index contributed by atoms with van der Waals surface area (Å²) >= 11 is 1.22. The molecule has 0 spiro atoms. The summed E-state index contributed by atoms with van der Waals surface area (Å²) in [7, 11) is 0. The number of benzene rings is 2. The summed E-state index contributed by atoms with van der Waals surface area (Å²) in [5.41, 5.74) is 6.34. The molecule has 4 aromatic rings.